The van der Waals surface area contributed by atoms with Gasteiger partial charge in [0.25, 0.3) is 0 Å². The molecule has 0 unspecified atom stereocenters. The van der Waals surface area contributed by atoms with Gasteiger partial charge >= 0.3 is 11.9 Å². The summed E-state index contributed by atoms with van der Waals surface area (Å²) in [7, 11) is 0. The number of aryl methyl sites for hydroxylation is 1. The van der Waals surface area contributed by atoms with E-state index in [4.69, 9.17) is 10.5 Å². The van der Waals surface area contributed by atoms with Crippen molar-refractivity contribution in [3.8, 4) is 0 Å². The van der Waals surface area contributed by atoms with Crippen molar-refractivity contribution in [3.05, 3.63) is 35.9 Å². The fraction of sp³-hybridized carbons (Fsp3) is 0.471. The molecule has 1 heterocycles. The molecule has 2 N–H and O–H groups in total. The summed E-state index contributed by atoms with van der Waals surface area (Å²) in [5.41, 5.74) is 6.59. The van der Waals surface area contributed by atoms with E-state index in [0.717, 1.165) is 5.56 Å². The average molecular weight is 318 g/mol. The number of hydrogen-bond acceptors (Lipinski definition) is 5. The van der Waals surface area contributed by atoms with Crippen LogP contribution in [0.1, 0.15) is 31.7 Å². The Kier molecular flexibility index (Phi) is 5.87. The summed E-state index contributed by atoms with van der Waals surface area (Å²) in [5, 5.41) is 0. The first-order valence-corrected chi connectivity index (χ1v) is 7.83. The molecule has 6 heteroatoms. The van der Waals surface area contributed by atoms with E-state index in [0.29, 0.717) is 25.8 Å². The number of carbonyl (C=O) groups excluding carboxylic acids is 3. The van der Waals surface area contributed by atoms with Crippen LogP contribution >= 0.6 is 0 Å². The molecule has 0 aromatic heterocycles. The molecule has 1 aliphatic rings. The molecule has 2 rings (SSSR count). The van der Waals surface area contributed by atoms with Crippen LogP contribution in [0.3, 0.4) is 0 Å². The summed E-state index contributed by atoms with van der Waals surface area (Å²) in [6, 6.07) is 8.13. The summed E-state index contributed by atoms with van der Waals surface area (Å²) < 4.78 is 4.90. The van der Waals surface area contributed by atoms with Gasteiger partial charge < -0.3 is 15.4 Å². The Labute approximate surface area is 135 Å². The van der Waals surface area contributed by atoms with Gasteiger partial charge in [0.05, 0.1) is 12.5 Å². The molecule has 1 amide bonds. The van der Waals surface area contributed by atoms with Gasteiger partial charge in [0.1, 0.15) is 6.04 Å². The Balaban J connectivity index is 1.85. The quantitative estimate of drug-likeness (QED) is 0.647. The highest BCUT2D eigenvalue weighted by atomic mass is 16.6. The van der Waals surface area contributed by atoms with Gasteiger partial charge in [0.15, 0.2) is 0 Å². The molecule has 6 nitrogen and oxygen atoms in total. The van der Waals surface area contributed by atoms with E-state index >= 15 is 0 Å². The lowest BCUT2D eigenvalue weighted by Gasteiger charge is -2.24. The predicted molar refractivity (Wildman–Crippen MR) is 84.2 cm³/mol. The van der Waals surface area contributed by atoms with Crippen LogP contribution in [0.5, 0.6) is 0 Å². The molecule has 23 heavy (non-hydrogen) atoms. The summed E-state index contributed by atoms with van der Waals surface area (Å²) >= 11 is 0. The van der Waals surface area contributed by atoms with E-state index in [1.807, 2.05) is 30.3 Å². The van der Waals surface area contributed by atoms with Gasteiger partial charge in [0.2, 0.25) is 5.91 Å². The molecule has 1 saturated heterocycles. The van der Waals surface area contributed by atoms with Gasteiger partial charge in [-0.2, -0.15) is 0 Å². The molecule has 1 aliphatic heterocycles. The third kappa shape index (κ3) is 4.63. The van der Waals surface area contributed by atoms with E-state index in [1.165, 1.54) is 4.90 Å². The van der Waals surface area contributed by atoms with Crippen LogP contribution in [0.15, 0.2) is 30.3 Å². The Morgan fingerprint density at radius 1 is 1.30 bits per heavy atom. The van der Waals surface area contributed by atoms with E-state index in [2.05, 4.69) is 0 Å². The third-order valence-corrected chi connectivity index (χ3v) is 3.87. The minimum absolute atomic E-state index is 0.129. The maximum atomic E-state index is 12.1. The van der Waals surface area contributed by atoms with E-state index in [9.17, 15) is 14.4 Å². The normalized spacial score (nSPS) is 18.5. The number of esters is 2. The first kappa shape index (κ1) is 17.1. The first-order valence-electron chi connectivity index (χ1n) is 7.83. The van der Waals surface area contributed by atoms with Crippen molar-refractivity contribution in [2.45, 2.75) is 44.7 Å². The monoisotopic (exact) mass is 318 g/mol. The van der Waals surface area contributed by atoms with Crippen LogP contribution < -0.4 is 5.73 Å². The van der Waals surface area contributed by atoms with Crippen molar-refractivity contribution in [2.75, 3.05) is 6.54 Å². The van der Waals surface area contributed by atoms with Crippen LogP contribution in [0.2, 0.25) is 0 Å². The molecule has 0 radical (unpaired) electrons. The van der Waals surface area contributed by atoms with Gasteiger partial charge in [-0.05, 0) is 31.7 Å². The van der Waals surface area contributed by atoms with Crippen LogP contribution in [-0.4, -0.2) is 41.4 Å². The molecule has 0 saturated carbocycles. The molecule has 1 aromatic rings. The van der Waals surface area contributed by atoms with Crippen molar-refractivity contribution < 1.29 is 19.1 Å². The molecule has 1 fully saturated rings. The molecule has 124 valence electrons. The second kappa shape index (κ2) is 7.87. The number of likely N-dealkylation sites (tertiary alicyclic amines) is 1. The fourth-order valence-electron chi connectivity index (χ4n) is 2.66. The zero-order valence-electron chi connectivity index (χ0n) is 13.2. The Morgan fingerprint density at radius 3 is 2.65 bits per heavy atom. The lowest BCUT2D eigenvalue weighted by Crippen LogP contribution is -2.48. The van der Waals surface area contributed by atoms with Gasteiger partial charge in [-0.3, -0.25) is 9.59 Å². The number of hydrogen-bond donors (Lipinski definition) is 1. The van der Waals surface area contributed by atoms with Gasteiger partial charge in [-0.1, -0.05) is 30.3 Å². The number of benzene rings is 1. The predicted octanol–water partition coefficient (Wildman–Crippen LogP) is 1.03. The number of ether oxygens (including phenoxy) is 1. The number of rotatable bonds is 5. The van der Waals surface area contributed by atoms with Crippen LogP contribution in [-0.2, 0) is 25.5 Å². The second-order valence-corrected chi connectivity index (χ2v) is 5.76. The highest BCUT2D eigenvalue weighted by molar-refractivity contribution is 5.92. The lowest BCUT2D eigenvalue weighted by atomic mass is 10.1. The largest absolute Gasteiger partial charge is 0.392 e. The zero-order chi connectivity index (χ0) is 16.8. The number of carbonyl (C=O) groups is 3. The van der Waals surface area contributed by atoms with Crippen molar-refractivity contribution in [3.63, 3.8) is 0 Å². The number of nitrogens with zero attached hydrogens (tertiary/aromatic N) is 1. The minimum Gasteiger partial charge on any atom is -0.392 e. The molecule has 0 spiro atoms. The first-order chi connectivity index (χ1) is 11.0. The fourth-order valence-corrected chi connectivity index (χ4v) is 2.66. The Bertz CT molecular complexity index is 571. The van der Waals surface area contributed by atoms with Crippen LogP contribution in [0.25, 0.3) is 0 Å². The Morgan fingerprint density at radius 2 is 2.00 bits per heavy atom. The molecular weight excluding hydrogens is 296 g/mol. The zero-order valence-corrected chi connectivity index (χ0v) is 13.2. The number of nitrogens with two attached hydrogens (primary N) is 1. The molecule has 0 bridgehead atoms. The van der Waals surface area contributed by atoms with Crippen molar-refractivity contribution in [2.24, 2.45) is 5.73 Å². The van der Waals surface area contributed by atoms with E-state index in [1.54, 1.807) is 6.92 Å². The maximum absolute atomic E-state index is 12.1. The summed E-state index contributed by atoms with van der Waals surface area (Å²) in [4.78, 5) is 37.3. The average Bonchev–Trinajstić information content (AvgIpc) is 3.02. The standard InChI is InChI=1S/C17H22N2O4/c1-12(18)16(21)19-11-5-8-14(19)17(22)23-15(20)10-9-13-6-3-2-4-7-13/h2-4,6-7,12,14H,5,8-11,18H2,1H3/t12-,14-/m0/s1. The molecule has 0 aliphatic carbocycles. The SMILES string of the molecule is C[C@H](N)C(=O)N1CCC[C@H]1C(=O)OC(=O)CCc1ccccc1. The highest BCUT2D eigenvalue weighted by Gasteiger charge is 2.37. The van der Waals surface area contributed by atoms with Crippen LogP contribution in [0, 0.1) is 0 Å². The van der Waals surface area contributed by atoms with E-state index < -0.39 is 24.0 Å². The smallest absolute Gasteiger partial charge is 0.336 e. The molecule has 2 atom stereocenters. The third-order valence-electron chi connectivity index (χ3n) is 3.87. The molecule has 1 aromatic carbocycles. The minimum atomic E-state index is -0.700. The van der Waals surface area contributed by atoms with Gasteiger partial charge in [0, 0.05) is 6.54 Å². The van der Waals surface area contributed by atoms with Crippen molar-refractivity contribution >= 4 is 17.8 Å². The number of amides is 1. The van der Waals surface area contributed by atoms with Crippen molar-refractivity contribution in [1.29, 1.82) is 0 Å². The summed E-state index contributed by atoms with van der Waals surface area (Å²) in [5.74, 6) is -1.52. The van der Waals surface area contributed by atoms with Crippen molar-refractivity contribution in [1.82, 2.24) is 4.90 Å². The topological polar surface area (TPSA) is 89.7 Å². The summed E-state index contributed by atoms with van der Waals surface area (Å²) in [6.07, 6.45) is 1.85. The highest BCUT2D eigenvalue weighted by Crippen LogP contribution is 2.19. The second-order valence-electron chi connectivity index (χ2n) is 5.76. The van der Waals surface area contributed by atoms with Gasteiger partial charge in [-0.15, -0.1) is 0 Å². The maximum Gasteiger partial charge on any atom is 0.336 e. The van der Waals surface area contributed by atoms with E-state index in [-0.39, 0.29) is 12.3 Å². The van der Waals surface area contributed by atoms with Crippen LogP contribution in [0.4, 0.5) is 0 Å². The Hall–Kier alpha value is -2.21. The molecular formula is C17H22N2O4. The van der Waals surface area contributed by atoms with Gasteiger partial charge in [-0.25, -0.2) is 4.79 Å². The lowest BCUT2D eigenvalue weighted by molar-refractivity contribution is -0.164. The summed E-state index contributed by atoms with van der Waals surface area (Å²) in [6.45, 7) is 2.05.